The number of nitrogens with zero attached hydrogens (tertiary/aromatic N) is 1. The van der Waals surface area contributed by atoms with Crippen molar-refractivity contribution in [3.05, 3.63) is 35.5 Å². The quantitative estimate of drug-likeness (QED) is 0.892. The molecule has 0 bridgehead atoms. The van der Waals surface area contributed by atoms with Gasteiger partial charge in [0.25, 0.3) is 6.01 Å². The third-order valence-corrected chi connectivity index (χ3v) is 3.08. The third kappa shape index (κ3) is 3.16. The van der Waals surface area contributed by atoms with Crippen LogP contribution in [0.25, 0.3) is 11.3 Å². The van der Waals surface area contributed by atoms with Crippen LogP contribution >= 0.6 is 0 Å². The zero-order chi connectivity index (χ0) is 14.0. The summed E-state index contributed by atoms with van der Waals surface area (Å²) in [6, 6.07) is 8.72. The lowest BCUT2D eigenvalue weighted by Gasteiger charge is -2.07. The van der Waals surface area contributed by atoms with Crippen LogP contribution in [0.2, 0.25) is 0 Å². The molecule has 2 N–H and O–H groups in total. The number of anilines is 1. The van der Waals surface area contributed by atoms with Gasteiger partial charge in [0.1, 0.15) is 0 Å². The smallest absolute Gasteiger partial charge is 0.292 e. The van der Waals surface area contributed by atoms with Crippen LogP contribution in [0.1, 0.15) is 44.9 Å². The topological polar surface area (TPSA) is 52.0 Å². The molecule has 0 saturated carbocycles. The highest BCUT2D eigenvalue weighted by Crippen LogP contribution is 2.31. The van der Waals surface area contributed by atoms with E-state index < -0.39 is 0 Å². The zero-order valence-corrected chi connectivity index (χ0v) is 12.1. The summed E-state index contributed by atoms with van der Waals surface area (Å²) in [5.74, 6) is 1.76. The van der Waals surface area contributed by atoms with Crippen molar-refractivity contribution in [1.82, 2.24) is 4.98 Å². The van der Waals surface area contributed by atoms with Gasteiger partial charge in [-0.15, -0.1) is 0 Å². The second-order valence-corrected chi connectivity index (χ2v) is 5.72. The van der Waals surface area contributed by atoms with Crippen LogP contribution in [0.15, 0.2) is 28.7 Å². The minimum atomic E-state index is 0.241. The van der Waals surface area contributed by atoms with Gasteiger partial charge in [0.05, 0.1) is 5.69 Å². The maximum absolute atomic E-state index is 5.67. The summed E-state index contributed by atoms with van der Waals surface area (Å²) in [5.41, 5.74) is 8.98. The van der Waals surface area contributed by atoms with Crippen LogP contribution in [0.4, 0.5) is 6.01 Å². The fourth-order valence-corrected chi connectivity index (χ4v) is 2.21. The molecule has 1 aromatic heterocycles. The van der Waals surface area contributed by atoms with Gasteiger partial charge < -0.3 is 10.2 Å². The molecule has 0 radical (unpaired) electrons. The molecule has 102 valence electrons. The van der Waals surface area contributed by atoms with E-state index in [9.17, 15) is 0 Å². The molecule has 2 aromatic rings. The lowest BCUT2D eigenvalue weighted by atomic mass is 9.99. The van der Waals surface area contributed by atoms with Gasteiger partial charge in [0, 0.05) is 5.56 Å². The Hall–Kier alpha value is -1.77. The predicted molar refractivity (Wildman–Crippen MR) is 79.0 cm³/mol. The number of hydrogen-bond donors (Lipinski definition) is 1. The van der Waals surface area contributed by atoms with Crippen LogP contribution in [0.5, 0.6) is 0 Å². The van der Waals surface area contributed by atoms with Crippen LogP contribution < -0.4 is 5.73 Å². The molecule has 0 spiro atoms. The lowest BCUT2D eigenvalue weighted by Crippen LogP contribution is -1.94. The van der Waals surface area contributed by atoms with Crippen LogP contribution in [-0.2, 0) is 6.42 Å². The van der Waals surface area contributed by atoms with Crippen molar-refractivity contribution >= 4 is 6.01 Å². The standard InChI is InChI=1S/C16H22N2O/c1-10(2)9-12-5-7-13(8-6-12)15-14(11(3)4)18-16(17)19-15/h5-8,10-11H,9H2,1-4H3,(H2,17,18). The predicted octanol–water partition coefficient (Wildman–Crippen LogP) is 4.25. The first-order chi connectivity index (χ1) is 8.97. The molecule has 0 aliphatic carbocycles. The van der Waals surface area contributed by atoms with E-state index >= 15 is 0 Å². The highest BCUT2D eigenvalue weighted by Gasteiger charge is 2.16. The Kier molecular flexibility index (Phi) is 3.93. The Morgan fingerprint density at radius 1 is 1.11 bits per heavy atom. The molecule has 1 aromatic carbocycles. The van der Waals surface area contributed by atoms with E-state index in [1.165, 1.54) is 5.56 Å². The Bertz CT molecular complexity index is 538. The second kappa shape index (κ2) is 5.47. The molecule has 0 aliphatic heterocycles. The number of nitrogen functional groups attached to an aromatic ring is 1. The summed E-state index contributed by atoms with van der Waals surface area (Å²) in [6.45, 7) is 8.63. The normalized spacial score (nSPS) is 11.5. The molecule has 3 nitrogen and oxygen atoms in total. The summed E-state index contributed by atoms with van der Waals surface area (Å²) < 4.78 is 5.55. The van der Waals surface area contributed by atoms with E-state index in [0.717, 1.165) is 23.4 Å². The minimum Gasteiger partial charge on any atom is -0.423 e. The molecule has 0 aliphatic rings. The summed E-state index contributed by atoms with van der Waals surface area (Å²) in [5, 5.41) is 0. The first-order valence-corrected chi connectivity index (χ1v) is 6.83. The summed E-state index contributed by atoms with van der Waals surface area (Å²) >= 11 is 0. The van der Waals surface area contributed by atoms with Crippen molar-refractivity contribution in [3.8, 4) is 11.3 Å². The van der Waals surface area contributed by atoms with E-state index in [0.29, 0.717) is 11.8 Å². The number of rotatable bonds is 4. The van der Waals surface area contributed by atoms with Gasteiger partial charge in [-0.1, -0.05) is 52.0 Å². The molecule has 2 rings (SSSR count). The number of oxazole rings is 1. The van der Waals surface area contributed by atoms with Crippen molar-refractivity contribution in [2.24, 2.45) is 5.92 Å². The van der Waals surface area contributed by atoms with Gasteiger partial charge in [-0.3, -0.25) is 0 Å². The zero-order valence-electron chi connectivity index (χ0n) is 12.1. The lowest BCUT2D eigenvalue weighted by molar-refractivity contribution is 0.592. The van der Waals surface area contributed by atoms with E-state index in [1.54, 1.807) is 0 Å². The largest absolute Gasteiger partial charge is 0.423 e. The minimum absolute atomic E-state index is 0.241. The maximum atomic E-state index is 5.67. The monoisotopic (exact) mass is 258 g/mol. The first kappa shape index (κ1) is 13.7. The van der Waals surface area contributed by atoms with E-state index in [2.05, 4.69) is 56.9 Å². The number of nitrogens with two attached hydrogens (primary N) is 1. The van der Waals surface area contributed by atoms with Crippen LogP contribution in [0.3, 0.4) is 0 Å². The molecule has 0 amide bonds. The van der Waals surface area contributed by atoms with Crippen LogP contribution in [-0.4, -0.2) is 4.98 Å². The van der Waals surface area contributed by atoms with Gasteiger partial charge in [0.15, 0.2) is 5.76 Å². The first-order valence-electron chi connectivity index (χ1n) is 6.83. The van der Waals surface area contributed by atoms with Crippen molar-refractivity contribution < 1.29 is 4.42 Å². The van der Waals surface area contributed by atoms with Crippen molar-refractivity contribution in [2.45, 2.75) is 40.0 Å². The molecule has 19 heavy (non-hydrogen) atoms. The van der Waals surface area contributed by atoms with Gasteiger partial charge in [-0.25, -0.2) is 0 Å². The third-order valence-electron chi connectivity index (χ3n) is 3.08. The molecule has 0 saturated heterocycles. The van der Waals surface area contributed by atoms with E-state index in [1.807, 2.05) is 0 Å². The Labute approximate surface area is 114 Å². The number of aromatic nitrogens is 1. The highest BCUT2D eigenvalue weighted by atomic mass is 16.4. The van der Waals surface area contributed by atoms with Crippen molar-refractivity contribution in [3.63, 3.8) is 0 Å². The van der Waals surface area contributed by atoms with Gasteiger partial charge >= 0.3 is 0 Å². The van der Waals surface area contributed by atoms with Gasteiger partial charge in [-0.2, -0.15) is 4.98 Å². The Balaban J connectivity index is 2.32. The molecule has 3 heteroatoms. The van der Waals surface area contributed by atoms with Gasteiger partial charge in [0.2, 0.25) is 0 Å². The molecular weight excluding hydrogens is 236 g/mol. The number of hydrogen-bond acceptors (Lipinski definition) is 3. The maximum Gasteiger partial charge on any atom is 0.292 e. The molecular formula is C16H22N2O. The molecule has 0 fully saturated rings. The fraction of sp³-hybridized carbons (Fsp3) is 0.438. The summed E-state index contributed by atoms with van der Waals surface area (Å²) in [4.78, 5) is 4.27. The summed E-state index contributed by atoms with van der Waals surface area (Å²) in [6.07, 6.45) is 1.09. The van der Waals surface area contributed by atoms with Crippen LogP contribution in [0, 0.1) is 5.92 Å². The highest BCUT2D eigenvalue weighted by molar-refractivity contribution is 5.62. The molecule has 0 atom stereocenters. The molecule has 0 unspecified atom stereocenters. The van der Waals surface area contributed by atoms with Gasteiger partial charge in [-0.05, 0) is 23.8 Å². The van der Waals surface area contributed by atoms with E-state index in [-0.39, 0.29) is 6.01 Å². The second-order valence-electron chi connectivity index (χ2n) is 5.72. The average Bonchev–Trinajstić information content (AvgIpc) is 2.72. The molecule has 1 heterocycles. The summed E-state index contributed by atoms with van der Waals surface area (Å²) in [7, 11) is 0. The van der Waals surface area contributed by atoms with Crippen molar-refractivity contribution in [2.75, 3.05) is 5.73 Å². The SMILES string of the molecule is CC(C)Cc1ccc(-c2oc(N)nc2C(C)C)cc1. The average molecular weight is 258 g/mol. The van der Waals surface area contributed by atoms with E-state index in [4.69, 9.17) is 10.2 Å². The van der Waals surface area contributed by atoms with Crippen molar-refractivity contribution in [1.29, 1.82) is 0 Å². The number of benzene rings is 1. The Morgan fingerprint density at radius 2 is 1.74 bits per heavy atom. The fourth-order valence-electron chi connectivity index (χ4n) is 2.21. The Morgan fingerprint density at radius 3 is 2.26 bits per heavy atom.